The molecule has 0 radical (unpaired) electrons. The third-order valence-electron chi connectivity index (χ3n) is 4.09. The van der Waals surface area contributed by atoms with Crippen LogP contribution in [0.5, 0.6) is 11.5 Å². The van der Waals surface area contributed by atoms with Crippen LogP contribution in [0.1, 0.15) is 31.4 Å². The van der Waals surface area contributed by atoms with E-state index in [0.717, 1.165) is 5.56 Å². The topological polar surface area (TPSA) is 82.8 Å². The van der Waals surface area contributed by atoms with E-state index in [9.17, 15) is 4.79 Å². The molecule has 23 heavy (non-hydrogen) atoms. The monoisotopic (exact) mass is 344 g/mol. The minimum Gasteiger partial charge on any atom is -0.493 e. The number of ether oxygens (including phenoxy) is 3. The SMILES string of the molecule is COc1ccc(C(C)NC(=O)C2(N)CCOCC2)cc1OC.Cl. The highest BCUT2D eigenvalue weighted by Crippen LogP contribution is 2.30. The summed E-state index contributed by atoms with van der Waals surface area (Å²) < 4.78 is 15.8. The van der Waals surface area contributed by atoms with Crippen LogP contribution in [-0.2, 0) is 9.53 Å². The molecule has 1 aliphatic heterocycles. The van der Waals surface area contributed by atoms with Crippen molar-refractivity contribution in [3.63, 3.8) is 0 Å². The molecule has 1 aromatic carbocycles. The number of rotatable bonds is 5. The van der Waals surface area contributed by atoms with E-state index < -0.39 is 5.54 Å². The minimum atomic E-state index is -0.844. The minimum absolute atomic E-state index is 0. The first-order valence-electron chi connectivity index (χ1n) is 7.39. The standard InChI is InChI=1S/C16H24N2O4.ClH/c1-11(12-4-5-13(20-2)14(10-12)21-3)18-15(19)16(17)6-8-22-9-7-16;/h4-5,10-11H,6-9,17H2,1-3H3,(H,18,19);1H. The molecule has 130 valence electrons. The van der Waals surface area contributed by atoms with E-state index in [1.165, 1.54) is 0 Å². The number of nitrogens with two attached hydrogens (primary N) is 1. The van der Waals surface area contributed by atoms with Gasteiger partial charge in [-0.05, 0) is 37.5 Å². The second-order valence-electron chi connectivity index (χ2n) is 5.58. The van der Waals surface area contributed by atoms with E-state index in [0.29, 0.717) is 37.6 Å². The number of carbonyl (C=O) groups excluding carboxylic acids is 1. The lowest BCUT2D eigenvalue weighted by Gasteiger charge is -2.33. The van der Waals surface area contributed by atoms with Crippen molar-refractivity contribution in [1.29, 1.82) is 0 Å². The van der Waals surface area contributed by atoms with Crippen molar-refractivity contribution in [2.75, 3.05) is 27.4 Å². The van der Waals surface area contributed by atoms with Gasteiger partial charge in [0.25, 0.3) is 0 Å². The van der Waals surface area contributed by atoms with E-state index in [1.54, 1.807) is 14.2 Å². The molecule has 7 heteroatoms. The molecule has 1 unspecified atom stereocenters. The normalized spacial score (nSPS) is 17.6. The van der Waals surface area contributed by atoms with Crippen molar-refractivity contribution in [3.05, 3.63) is 23.8 Å². The maximum Gasteiger partial charge on any atom is 0.240 e. The van der Waals surface area contributed by atoms with Crippen LogP contribution >= 0.6 is 12.4 Å². The summed E-state index contributed by atoms with van der Waals surface area (Å²) in [5, 5.41) is 2.98. The maximum atomic E-state index is 12.4. The summed E-state index contributed by atoms with van der Waals surface area (Å²) in [5.41, 5.74) is 6.28. The van der Waals surface area contributed by atoms with E-state index in [1.807, 2.05) is 25.1 Å². The summed E-state index contributed by atoms with van der Waals surface area (Å²) in [6.45, 7) is 2.96. The highest BCUT2D eigenvalue weighted by molar-refractivity contribution is 5.86. The average Bonchev–Trinajstić information content (AvgIpc) is 2.54. The van der Waals surface area contributed by atoms with Gasteiger partial charge < -0.3 is 25.3 Å². The highest BCUT2D eigenvalue weighted by Gasteiger charge is 2.36. The van der Waals surface area contributed by atoms with Gasteiger partial charge in [0.15, 0.2) is 11.5 Å². The van der Waals surface area contributed by atoms with Crippen molar-refractivity contribution < 1.29 is 19.0 Å². The number of benzene rings is 1. The van der Waals surface area contributed by atoms with Crippen LogP contribution in [0.25, 0.3) is 0 Å². The van der Waals surface area contributed by atoms with Crippen LogP contribution in [0.4, 0.5) is 0 Å². The van der Waals surface area contributed by atoms with Gasteiger partial charge >= 0.3 is 0 Å². The maximum absolute atomic E-state index is 12.4. The molecule has 0 bridgehead atoms. The largest absolute Gasteiger partial charge is 0.493 e. The van der Waals surface area contributed by atoms with Gasteiger partial charge in [0.05, 0.1) is 25.8 Å². The molecule has 0 aliphatic carbocycles. The number of halogens is 1. The van der Waals surface area contributed by atoms with Gasteiger partial charge in [-0.3, -0.25) is 4.79 Å². The molecule has 3 N–H and O–H groups in total. The summed E-state index contributed by atoms with van der Waals surface area (Å²) in [6.07, 6.45) is 1.08. The number of hydrogen-bond acceptors (Lipinski definition) is 5. The lowest BCUT2D eigenvalue weighted by molar-refractivity contribution is -0.130. The van der Waals surface area contributed by atoms with Gasteiger partial charge in [-0.2, -0.15) is 0 Å². The van der Waals surface area contributed by atoms with E-state index in [4.69, 9.17) is 19.9 Å². The Morgan fingerprint density at radius 3 is 2.43 bits per heavy atom. The third-order valence-corrected chi connectivity index (χ3v) is 4.09. The number of carbonyl (C=O) groups is 1. The molecule has 1 atom stereocenters. The molecular formula is C16H25ClN2O4. The zero-order valence-electron chi connectivity index (χ0n) is 13.8. The first-order chi connectivity index (χ1) is 10.5. The second-order valence-corrected chi connectivity index (χ2v) is 5.58. The second kappa shape index (κ2) is 8.38. The molecule has 1 saturated heterocycles. The first kappa shape index (κ1) is 19.5. The Bertz CT molecular complexity index is 533. The van der Waals surface area contributed by atoms with Crippen molar-refractivity contribution in [1.82, 2.24) is 5.32 Å². The smallest absolute Gasteiger partial charge is 0.240 e. The fraction of sp³-hybridized carbons (Fsp3) is 0.562. The Hall–Kier alpha value is -1.50. The van der Waals surface area contributed by atoms with Crippen LogP contribution < -0.4 is 20.5 Å². The summed E-state index contributed by atoms with van der Waals surface area (Å²) in [4.78, 5) is 12.4. The molecule has 0 aromatic heterocycles. The summed E-state index contributed by atoms with van der Waals surface area (Å²) in [7, 11) is 3.17. The average molecular weight is 345 g/mol. The molecule has 0 saturated carbocycles. The zero-order chi connectivity index (χ0) is 16.2. The predicted octanol–water partition coefficient (Wildman–Crippen LogP) is 1.81. The highest BCUT2D eigenvalue weighted by atomic mass is 35.5. The molecule has 2 rings (SSSR count). The number of amides is 1. The van der Waals surface area contributed by atoms with Gasteiger partial charge in [-0.15, -0.1) is 12.4 Å². The number of nitrogens with one attached hydrogen (secondary N) is 1. The van der Waals surface area contributed by atoms with Gasteiger partial charge in [-0.25, -0.2) is 0 Å². The van der Waals surface area contributed by atoms with Gasteiger partial charge in [0.2, 0.25) is 5.91 Å². The van der Waals surface area contributed by atoms with Gasteiger partial charge in [0.1, 0.15) is 0 Å². The van der Waals surface area contributed by atoms with E-state index in [-0.39, 0.29) is 24.4 Å². The van der Waals surface area contributed by atoms with Crippen molar-refractivity contribution >= 4 is 18.3 Å². The van der Waals surface area contributed by atoms with Gasteiger partial charge in [-0.1, -0.05) is 6.07 Å². The van der Waals surface area contributed by atoms with Crippen LogP contribution in [-0.4, -0.2) is 38.9 Å². The Morgan fingerprint density at radius 2 is 1.87 bits per heavy atom. The third kappa shape index (κ3) is 4.50. The molecule has 1 amide bonds. The number of methoxy groups -OCH3 is 2. The summed E-state index contributed by atoms with van der Waals surface area (Å²) in [6, 6.07) is 5.41. The van der Waals surface area contributed by atoms with Crippen molar-refractivity contribution in [2.45, 2.75) is 31.3 Å². The zero-order valence-corrected chi connectivity index (χ0v) is 14.6. The van der Waals surface area contributed by atoms with E-state index in [2.05, 4.69) is 5.32 Å². The number of hydrogen-bond donors (Lipinski definition) is 2. The van der Waals surface area contributed by atoms with E-state index >= 15 is 0 Å². The Kier molecular flexibility index (Phi) is 7.12. The molecule has 1 aromatic rings. The predicted molar refractivity (Wildman–Crippen MR) is 90.3 cm³/mol. The van der Waals surface area contributed by atoms with Crippen molar-refractivity contribution in [2.24, 2.45) is 5.73 Å². The molecule has 1 aliphatic rings. The van der Waals surface area contributed by atoms with Crippen LogP contribution in [0, 0.1) is 0 Å². The summed E-state index contributed by atoms with van der Waals surface area (Å²) >= 11 is 0. The lowest BCUT2D eigenvalue weighted by atomic mass is 9.90. The van der Waals surface area contributed by atoms with Crippen molar-refractivity contribution in [3.8, 4) is 11.5 Å². The van der Waals surface area contributed by atoms with Crippen LogP contribution in [0.3, 0.4) is 0 Å². The molecule has 6 nitrogen and oxygen atoms in total. The van der Waals surface area contributed by atoms with Crippen LogP contribution in [0.2, 0.25) is 0 Å². The fourth-order valence-electron chi connectivity index (χ4n) is 2.51. The molecule has 1 heterocycles. The molecular weight excluding hydrogens is 320 g/mol. The van der Waals surface area contributed by atoms with Gasteiger partial charge in [0, 0.05) is 13.2 Å². The fourth-order valence-corrected chi connectivity index (χ4v) is 2.51. The molecule has 0 spiro atoms. The Balaban J connectivity index is 0.00000264. The Labute approximate surface area is 143 Å². The lowest BCUT2D eigenvalue weighted by Crippen LogP contribution is -2.57. The quantitative estimate of drug-likeness (QED) is 0.851. The summed E-state index contributed by atoms with van der Waals surface area (Å²) in [5.74, 6) is 1.15. The first-order valence-corrected chi connectivity index (χ1v) is 7.39. The Morgan fingerprint density at radius 1 is 1.26 bits per heavy atom. The molecule has 1 fully saturated rings. The van der Waals surface area contributed by atoms with Crippen LogP contribution in [0.15, 0.2) is 18.2 Å².